The summed E-state index contributed by atoms with van der Waals surface area (Å²) in [6, 6.07) is 6.50. The molecule has 0 atom stereocenters. The van der Waals surface area contributed by atoms with Crippen LogP contribution >= 0.6 is 11.6 Å². The summed E-state index contributed by atoms with van der Waals surface area (Å²) in [5, 5.41) is 4.29. The van der Waals surface area contributed by atoms with Crippen LogP contribution in [0.4, 0.5) is 5.69 Å². The second-order valence-electron chi connectivity index (χ2n) is 6.88. The Bertz CT molecular complexity index is 464. The van der Waals surface area contributed by atoms with E-state index >= 15 is 0 Å². The molecule has 21 heavy (non-hydrogen) atoms. The van der Waals surface area contributed by atoms with Gasteiger partial charge in [0.2, 0.25) is 0 Å². The van der Waals surface area contributed by atoms with Crippen molar-refractivity contribution in [3.05, 3.63) is 23.2 Å². The standard InChI is InChI=1S/C18H28ClNO/c1-5-18(2,3)13-6-8-14(9-7-13)20-15-10-11-17(21-4)16(19)12-15/h10-14,20H,5-9H2,1-4H3. The second kappa shape index (κ2) is 6.91. The predicted octanol–water partition coefficient (Wildman–Crippen LogP) is 5.76. The Kier molecular flexibility index (Phi) is 5.43. The van der Waals surface area contributed by atoms with Crippen molar-refractivity contribution in [1.29, 1.82) is 0 Å². The van der Waals surface area contributed by atoms with Crippen molar-refractivity contribution in [1.82, 2.24) is 0 Å². The summed E-state index contributed by atoms with van der Waals surface area (Å²) >= 11 is 6.18. The molecule has 0 saturated heterocycles. The lowest BCUT2D eigenvalue weighted by Crippen LogP contribution is -2.32. The Balaban J connectivity index is 1.90. The summed E-state index contributed by atoms with van der Waals surface area (Å²) in [7, 11) is 1.64. The van der Waals surface area contributed by atoms with Crippen molar-refractivity contribution in [2.24, 2.45) is 11.3 Å². The van der Waals surface area contributed by atoms with Gasteiger partial charge in [0.25, 0.3) is 0 Å². The Hall–Kier alpha value is -0.890. The number of benzene rings is 1. The van der Waals surface area contributed by atoms with Gasteiger partial charge in [0, 0.05) is 11.7 Å². The molecule has 1 aliphatic rings. The molecule has 1 aliphatic carbocycles. The third-order valence-corrected chi connectivity index (χ3v) is 5.56. The first-order valence-electron chi connectivity index (χ1n) is 8.06. The molecular weight excluding hydrogens is 282 g/mol. The van der Waals surface area contributed by atoms with Gasteiger partial charge in [-0.3, -0.25) is 0 Å². The highest BCUT2D eigenvalue weighted by molar-refractivity contribution is 6.32. The summed E-state index contributed by atoms with van der Waals surface area (Å²) < 4.78 is 5.19. The third-order valence-electron chi connectivity index (χ3n) is 5.27. The van der Waals surface area contributed by atoms with E-state index < -0.39 is 0 Å². The summed E-state index contributed by atoms with van der Waals surface area (Å²) in [6.45, 7) is 7.13. The lowest BCUT2D eigenvalue weighted by atomic mass is 9.69. The highest BCUT2D eigenvalue weighted by Gasteiger charge is 2.31. The SMILES string of the molecule is CCC(C)(C)C1CCC(Nc2ccc(OC)c(Cl)c2)CC1. The molecule has 0 heterocycles. The monoisotopic (exact) mass is 309 g/mol. The van der Waals surface area contributed by atoms with Gasteiger partial charge in [-0.1, -0.05) is 38.8 Å². The first kappa shape index (κ1) is 16.5. The number of hydrogen-bond donors (Lipinski definition) is 1. The van der Waals surface area contributed by atoms with Crippen LogP contribution in [0.1, 0.15) is 52.9 Å². The van der Waals surface area contributed by atoms with Crippen LogP contribution in [0.3, 0.4) is 0 Å². The maximum atomic E-state index is 6.18. The number of anilines is 1. The fourth-order valence-electron chi connectivity index (χ4n) is 3.30. The van der Waals surface area contributed by atoms with Crippen LogP contribution in [-0.4, -0.2) is 13.2 Å². The lowest BCUT2D eigenvalue weighted by molar-refractivity contribution is 0.147. The lowest BCUT2D eigenvalue weighted by Gasteiger charge is -2.39. The van der Waals surface area contributed by atoms with E-state index in [1.54, 1.807) is 7.11 Å². The quantitative estimate of drug-likeness (QED) is 0.747. The molecule has 0 bridgehead atoms. The van der Waals surface area contributed by atoms with Crippen molar-refractivity contribution in [3.8, 4) is 5.75 Å². The molecule has 1 N–H and O–H groups in total. The molecule has 3 heteroatoms. The minimum absolute atomic E-state index is 0.481. The van der Waals surface area contributed by atoms with Gasteiger partial charge in [0.1, 0.15) is 5.75 Å². The molecule has 2 nitrogen and oxygen atoms in total. The normalized spacial score (nSPS) is 22.9. The number of nitrogens with one attached hydrogen (secondary N) is 1. The van der Waals surface area contributed by atoms with Crippen LogP contribution < -0.4 is 10.1 Å². The largest absolute Gasteiger partial charge is 0.495 e. The highest BCUT2D eigenvalue weighted by Crippen LogP contribution is 2.41. The average Bonchev–Trinajstić information content (AvgIpc) is 2.48. The van der Waals surface area contributed by atoms with Gasteiger partial charge in [-0.05, 0) is 55.2 Å². The van der Waals surface area contributed by atoms with Crippen molar-refractivity contribution in [3.63, 3.8) is 0 Å². The van der Waals surface area contributed by atoms with Crippen molar-refractivity contribution in [2.75, 3.05) is 12.4 Å². The molecule has 0 aromatic heterocycles. The van der Waals surface area contributed by atoms with E-state index in [4.69, 9.17) is 16.3 Å². The van der Waals surface area contributed by atoms with Gasteiger partial charge >= 0.3 is 0 Å². The Morgan fingerprint density at radius 2 is 1.90 bits per heavy atom. The zero-order chi connectivity index (χ0) is 15.5. The number of ether oxygens (including phenoxy) is 1. The molecule has 0 aliphatic heterocycles. The Labute approximate surface area is 134 Å². The number of halogens is 1. The molecule has 0 radical (unpaired) electrons. The van der Waals surface area contributed by atoms with Gasteiger partial charge < -0.3 is 10.1 Å². The maximum Gasteiger partial charge on any atom is 0.137 e. The van der Waals surface area contributed by atoms with E-state index in [0.717, 1.165) is 17.4 Å². The zero-order valence-electron chi connectivity index (χ0n) is 13.7. The van der Waals surface area contributed by atoms with E-state index in [9.17, 15) is 0 Å². The van der Waals surface area contributed by atoms with Crippen LogP contribution in [0.5, 0.6) is 5.75 Å². The predicted molar refractivity (Wildman–Crippen MR) is 91.4 cm³/mol. The molecule has 0 unspecified atom stereocenters. The van der Waals surface area contributed by atoms with Crippen molar-refractivity contribution in [2.45, 2.75) is 58.9 Å². The van der Waals surface area contributed by atoms with Crippen molar-refractivity contribution >= 4 is 17.3 Å². The smallest absolute Gasteiger partial charge is 0.137 e. The van der Waals surface area contributed by atoms with Crippen LogP contribution in [-0.2, 0) is 0 Å². The molecule has 118 valence electrons. The number of hydrogen-bond acceptors (Lipinski definition) is 2. The molecule has 2 rings (SSSR count). The number of methoxy groups -OCH3 is 1. The zero-order valence-corrected chi connectivity index (χ0v) is 14.5. The summed E-state index contributed by atoms with van der Waals surface area (Å²) in [5.41, 5.74) is 1.58. The van der Waals surface area contributed by atoms with E-state index in [-0.39, 0.29) is 0 Å². The van der Waals surface area contributed by atoms with E-state index in [1.807, 2.05) is 18.2 Å². The van der Waals surface area contributed by atoms with Gasteiger partial charge in [-0.15, -0.1) is 0 Å². The summed E-state index contributed by atoms with van der Waals surface area (Å²) in [6.07, 6.45) is 6.41. The van der Waals surface area contributed by atoms with Gasteiger partial charge in [0.15, 0.2) is 0 Å². The van der Waals surface area contributed by atoms with Crippen molar-refractivity contribution < 1.29 is 4.74 Å². The fraction of sp³-hybridized carbons (Fsp3) is 0.667. The second-order valence-corrected chi connectivity index (χ2v) is 7.29. The molecule has 1 aromatic carbocycles. The van der Waals surface area contributed by atoms with Gasteiger partial charge in [-0.25, -0.2) is 0 Å². The first-order valence-corrected chi connectivity index (χ1v) is 8.44. The average molecular weight is 310 g/mol. The Morgan fingerprint density at radius 1 is 1.24 bits per heavy atom. The maximum absolute atomic E-state index is 6.18. The molecule has 0 spiro atoms. The van der Waals surface area contributed by atoms with E-state index in [0.29, 0.717) is 16.5 Å². The summed E-state index contributed by atoms with van der Waals surface area (Å²) in [4.78, 5) is 0. The molecular formula is C18H28ClNO. The van der Waals surface area contributed by atoms with E-state index in [1.165, 1.54) is 32.1 Å². The minimum Gasteiger partial charge on any atom is -0.495 e. The van der Waals surface area contributed by atoms with Crippen LogP contribution in [0.2, 0.25) is 5.02 Å². The summed E-state index contributed by atoms with van der Waals surface area (Å²) in [5.74, 6) is 1.59. The van der Waals surface area contributed by atoms with Crippen LogP contribution in [0.15, 0.2) is 18.2 Å². The van der Waals surface area contributed by atoms with E-state index in [2.05, 4.69) is 26.1 Å². The fourth-order valence-corrected chi connectivity index (χ4v) is 3.56. The third kappa shape index (κ3) is 4.06. The molecule has 1 aromatic rings. The van der Waals surface area contributed by atoms with Crippen LogP contribution in [0, 0.1) is 11.3 Å². The molecule has 1 saturated carbocycles. The topological polar surface area (TPSA) is 21.3 Å². The number of rotatable bonds is 5. The molecule has 1 fully saturated rings. The highest BCUT2D eigenvalue weighted by atomic mass is 35.5. The molecule has 0 amide bonds. The Morgan fingerprint density at radius 3 is 2.43 bits per heavy atom. The minimum atomic E-state index is 0.481. The van der Waals surface area contributed by atoms with Gasteiger partial charge in [0.05, 0.1) is 12.1 Å². The van der Waals surface area contributed by atoms with Crippen LogP contribution in [0.25, 0.3) is 0 Å². The van der Waals surface area contributed by atoms with Gasteiger partial charge in [-0.2, -0.15) is 0 Å². The first-order chi connectivity index (χ1) is 9.96.